The molecule has 0 fully saturated rings. The van der Waals surface area contributed by atoms with E-state index < -0.39 is 0 Å². The third-order valence-electron chi connectivity index (χ3n) is 3.76. The van der Waals surface area contributed by atoms with Gasteiger partial charge in [-0.3, -0.25) is 0 Å². The molecule has 1 aromatic heterocycles. The standard InChI is InChI=1S/C18H12BrNO/c19-15-10-14-13-8-4-5-9-16(13)20(17(14)11-18(15)21)12-6-2-1-3-7-12/h1-11,21H. The summed E-state index contributed by atoms with van der Waals surface area (Å²) in [5.74, 6) is 0.252. The Labute approximate surface area is 130 Å². The Kier molecular flexibility index (Phi) is 2.76. The van der Waals surface area contributed by atoms with Crippen LogP contribution in [0.25, 0.3) is 27.5 Å². The van der Waals surface area contributed by atoms with Gasteiger partial charge in [-0.25, -0.2) is 0 Å². The fourth-order valence-corrected chi connectivity index (χ4v) is 3.18. The predicted octanol–water partition coefficient (Wildman–Crippen LogP) is 5.25. The highest BCUT2D eigenvalue weighted by molar-refractivity contribution is 9.10. The third-order valence-corrected chi connectivity index (χ3v) is 4.39. The van der Waals surface area contributed by atoms with E-state index in [2.05, 4.69) is 44.8 Å². The normalized spacial score (nSPS) is 11.3. The number of para-hydroxylation sites is 2. The topological polar surface area (TPSA) is 25.2 Å². The molecule has 0 saturated carbocycles. The molecule has 102 valence electrons. The summed E-state index contributed by atoms with van der Waals surface area (Å²) in [4.78, 5) is 0. The fraction of sp³-hybridized carbons (Fsp3) is 0. The van der Waals surface area contributed by atoms with Crippen molar-refractivity contribution >= 4 is 37.7 Å². The van der Waals surface area contributed by atoms with Crippen molar-refractivity contribution in [2.45, 2.75) is 0 Å². The molecule has 0 aliphatic carbocycles. The zero-order valence-electron chi connectivity index (χ0n) is 11.1. The van der Waals surface area contributed by atoms with Gasteiger partial charge in [-0.2, -0.15) is 0 Å². The number of phenols is 1. The SMILES string of the molecule is Oc1cc2c(cc1Br)c1ccccc1n2-c1ccccc1. The Hall–Kier alpha value is -2.26. The van der Waals surface area contributed by atoms with E-state index in [1.165, 1.54) is 5.39 Å². The lowest BCUT2D eigenvalue weighted by atomic mass is 10.1. The molecule has 3 aromatic carbocycles. The van der Waals surface area contributed by atoms with Gasteiger partial charge in [-0.15, -0.1) is 0 Å². The molecule has 2 nitrogen and oxygen atoms in total. The van der Waals surface area contributed by atoms with Crippen LogP contribution in [0.3, 0.4) is 0 Å². The quantitative estimate of drug-likeness (QED) is 0.504. The number of aromatic hydroxyl groups is 1. The van der Waals surface area contributed by atoms with Crippen LogP contribution in [0.15, 0.2) is 71.2 Å². The number of halogens is 1. The van der Waals surface area contributed by atoms with Gasteiger partial charge in [-0.05, 0) is 40.2 Å². The van der Waals surface area contributed by atoms with Crippen LogP contribution in [-0.4, -0.2) is 9.67 Å². The van der Waals surface area contributed by atoms with E-state index in [9.17, 15) is 5.11 Å². The average molecular weight is 338 g/mol. The van der Waals surface area contributed by atoms with Crippen LogP contribution < -0.4 is 0 Å². The number of nitrogens with zero attached hydrogens (tertiary/aromatic N) is 1. The molecule has 1 heterocycles. The Bertz CT molecular complexity index is 957. The van der Waals surface area contributed by atoms with Crippen molar-refractivity contribution in [3.05, 3.63) is 71.2 Å². The summed E-state index contributed by atoms with van der Waals surface area (Å²) in [5.41, 5.74) is 3.23. The number of benzene rings is 3. The van der Waals surface area contributed by atoms with E-state index >= 15 is 0 Å². The van der Waals surface area contributed by atoms with Crippen molar-refractivity contribution in [1.29, 1.82) is 0 Å². The minimum absolute atomic E-state index is 0.252. The van der Waals surface area contributed by atoms with Gasteiger partial charge >= 0.3 is 0 Å². The molecule has 0 spiro atoms. The van der Waals surface area contributed by atoms with Crippen LogP contribution in [0.4, 0.5) is 0 Å². The maximum Gasteiger partial charge on any atom is 0.131 e. The zero-order valence-corrected chi connectivity index (χ0v) is 12.7. The van der Waals surface area contributed by atoms with Gasteiger partial charge in [0.05, 0.1) is 15.5 Å². The van der Waals surface area contributed by atoms with E-state index in [1.54, 1.807) is 0 Å². The zero-order chi connectivity index (χ0) is 14.4. The molecule has 4 aromatic rings. The van der Waals surface area contributed by atoms with E-state index in [4.69, 9.17) is 0 Å². The summed E-state index contributed by atoms with van der Waals surface area (Å²) in [7, 11) is 0. The second-order valence-corrected chi connectivity index (χ2v) is 5.86. The maximum atomic E-state index is 10.1. The minimum Gasteiger partial charge on any atom is -0.507 e. The highest BCUT2D eigenvalue weighted by Crippen LogP contribution is 2.37. The van der Waals surface area contributed by atoms with Gasteiger partial charge < -0.3 is 9.67 Å². The van der Waals surface area contributed by atoms with Crippen LogP contribution in [0.5, 0.6) is 5.75 Å². The first kappa shape index (κ1) is 12.5. The molecular formula is C18H12BrNO. The lowest BCUT2D eigenvalue weighted by Crippen LogP contribution is -1.92. The van der Waals surface area contributed by atoms with Gasteiger partial charge in [0.2, 0.25) is 0 Å². The van der Waals surface area contributed by atoms with Crippen molar-refractivity contribution in [3.63, 3.8) is 0 Å². The molecule has 0 aliphatic heterocycles. The van der Waals surface area contributed by atoms with E-state index in [1.807, 2.05) is 42.5 Å². The molecule has 0 amide bonds. The van der Waals surface area contributed by atoms with E-state index in [0.717, 1.165) is 22.1 Å². The van der Waals surface area contributed by atoms with Gasteiger partial charge in [0.25, 0.3) is 0 Å². The highest BCUT2D eigenvalue weighted by Gasteiger charge is 2.13. The smallest absolute Gasteiger partial charge is 0.131 e. The fourth-order valence-electron chi connectivity index (χ4n) is 2.83. The summed E-state index contributed by atoms with van der Waals surface area (Å²) >= 11 is 3.41. The lowest BCUT2D eigenvalue weighted by Gasteiger charge is -2.07. The summed E-state index contributed by atoms with van der Waals surface area (Å²) in [5, 5.41) is 12.4. The summed E-state index contributed by atoms with van der Waals surface area (Å²) in [6.07, 6.45) is 0. The monoisotopic (exact) mass is 337 g/mol. The van der Waals surface area contributed by atoms with Crippen molar-refractivity contribution in [3.8, 4) is 11.4 Å². The summed E-state index contributed by atoms with van der Waals surface area (Å²) in [6, 6.07) is 22.3. The van der Waals surface area contributed by atoms with E-state index in [-0.39, 0.29) is 5.75 Å². The molecule has 0 atom stereocenters. The first-order chi connectivity index (χ1) is 10.3. The number of rotatable bonds is 1. The Morgan fingerprint density at radius 1 is 0.762 bits per heavy atom. The van der Waals surface area contributed by atoms with Crippen LogP contribution >= 0.6 is 15.9 Å². The molecule has 21 heavy (non-hydrogen) atoms. The van der Waals surface area contributed by atoms with Gasteiger partial charge in [0, 0.05) is 22.5 Å². The van der Waals surface area contributed by atoms with Gasteiger partial charge in [0.1, 0.15) is 5.75 Å². The van der Waals surface area contributed by atoms with Crippen molar-refractivity contribution < 1.29 is 5.11 Å². The number of phenolic OH excluding ortho intramolecular Hbond substituents is 1. The van der Waals surface area contributed by atoms with Crippen LogP contribution in [0.2, 0.25) is 0 Å². The van der Waals surface area contributed by atoms with E-state index in [0.29, 0.717) is 4.47 Å². The Morgan fingerprint density at radius 2 is 1.48 bits per heavy atom. The molecule has 0 unspecified atom stereocenters. The molecule has 0 bridgehead atoms. The Morgan fingerprint density at radius 3 is 2.29 bits per heavy atom. The molecule has 0 radical (unpaired) electrons. The van der Waals surface area contributed by atoms with Crippen molar-refractivity contribution in [2.24, 2.45) is 0 Å². The molecule has 3 heteroatoms. The lowest BCUT2D eigenvalue weighted by molar-refractivity contribution is 0.472. The Balaban J connectivity index is 2.24. The van der Waals surface area contributed by atoms with Crippen molar-refractivity contribution in [2.75, 3.05) is 0 Å². The number of fused-ring (bicyclic) bond motifs is 3. The van der Waals surface area contributed by atoms with Crippen LogP contribution in [0.1, 0.15) is 0 Å². The third kappa shape index (κ3) is 1.85. The second kappa shape index (κ2) is 4.64. The first-order valence-corrected chi connectivity index (χ1v) is 7.52. The van der Waals surface area contributed by atoms with Gasteiger partial charge in [-0.1, -0.05) is 36.4 Å². The number of aromatic nitrogens is 1. The summed E-state index contributed by atoms with van der Waals surface area (Å²) in [6.45, 7) is 0. The molecule has 0 saturated heterocycles. The number of hydrogen-bond donors (Lipinski definition) is 1. The molecule has 0 aliphatic rings. The first-order valence-electron chi connectivity index (χ1n) is 6.73. The molecule has 4 rings (SSSR count). The maximum absolute atomic E-state index is 10.1. The summed E-state index contributed by atoms with van der Waals surface area (Å²) < 4.78 is 2.89. The second-order valence-electron chi connectivity index (χ2n) is 5.01. The average Bonchev–Trinajstić information content (AvgIpc) is 2.82. The molecule has 1 N–H and O–H groups in total. The largest absolute Gasteiger partial charge is 0.507 e. The van der Waals surface area contributed by atoms with Crippen molar-refractivity contribution in [1.82, 2.24) is 4.57 Å². The number of hydrogen-bond acceptors (Lipinski definition) is 1. The van der Waals surface area contributed by atoms with Gasteiger partial charge in [0.15, 0.2) is 0 Å². The van der Waals surface area contributed by atoms with Crippen LogP contribution in [-0.2, 0) is 0 Å². The highest BCUT2D eigenvalue weighted by atomic mass is 79.9. The minimum atomic E-state index is 0.252. The predicted molar refractivity (Wildman–Crippen MR) is 90.1 cm³/mol. The molecular weight excluding hydrogens is 326 g/mol. The van der Waals surface area contributed by atoms with Crippen LogP contribution in [0, 0.1) is 0 Å².